The first-order valence-electron chi connectivity index (χ1n) is 11.0. The molecule has 9 nitrogen and oxygen atoms in total. The lowest BCUT2D eigenvalue weighted by Gasteiger charge is -2.17. The molecule has 0 spiro atoms. The van der Waals surface area contributed by atoms with Crippen LogP contribution in [0.3, 0.4) is 0 Å². The van der Waals surface area contributed by atoms with Crippen LogP contribution in [-0.2, 0) is 30.7 Å². The van der Waals surface area contributed by atoms with E-state index < -0.39 is 17.2 Å². The smallest absolute Gasteiger partial charge is 0.331 e. The summed E-state index contributed by atoms with van der Waals surface area (Å²) in [5.74, 6) is 0.0472. The largest absolute Gasteiger partial charge is 0.339 e. The summed E-state index contributed by atoms with van der Waals surface area (Å²) in [5, 5.41) is 6.81. The van der Waals surface area contributed by atoms with Gasteiger partial charge in [-0.2, -0.15) is 4.98 Å². The Labute approximate surface area is 185 Å². The summed E-state index contributed by atoms with van der Waals surface area (Å²) in [4.78, 5) is 43.8. The molecule has 1 aromatic carbocycles. The molecule has 1 aliphatic rings. The number of benzene rings is 1. The molecule has 1 aliphatic heterocycles. The van der Waals surface area contributed by atoms with Gasteiger partial charge in [-0.25, -0.2) is 4.79 Å². The predicted octanol–water partition coefficient (Wildman–Crippen LogP) is 2.60. The highest BCUT2D eigenvalue weighted by molar-refractivity contribution is 5.92. The number of nitrogens with one attached hydrogen (secondary N) is 1. The minimum atomic E-state index is -0.570. The van der Waals surface area contributed by atoms with Gasteiger partial charge < -0.3 is 9.84 Å². The molecule has 0 radical (unpaired) electrons. The van der Waals surface area contributed by atoms with Gasteiger partial charge in [0, 0.05) is 24.8 Å². The third-order valence-electron chi connectivity index (χ3n) is 5.89. The van der Waals surface area contributed by atoms with E-state index in [2.05, 4.69) is 15.5 Å². The highest BCUT2D eigenvalue weighted by Crippen LogP contribution is 2.22. The number of anilines is 1. The molecule has 168 valence electrons. The van der Waals surface area contributed by atoms with Crippen molar-refractivity contribution in [3.05, 3.63) is 61.7 Å². The molecule has 0 atom stereocenters. The summed E-state index contributed by atoms with van der Waals surface area (Å²) in [5.41, 5.74) is 2.44. The lowest BCUT2D eigenvalue weighted by Crippen LogP contribution is -2.44. The first-order valence-corrected chi connectivity index (χ1v) is 11.0. The van der Waals surface area contributed by atoms with Crippen LogP contribution in [0.1, 0.15) is 48.9 Å². The standard InChI is InChI=1S/C23H27N5O4/c1-4-16-10-8-9-14(2)20(16)25-18(29)13-28-22(30)19(21-24-15(3)32-26-21)17-11-6-5-7-12-27(17)23(28)31/h8-10H,4-7,11-13H2,1-3H3,(H,25,29). The Kier molecular flexibility index (Phi) is 6.07. The first-order chi connectivity index (χ1) is 15.4. The van der Waals surface area contributed by atoms with Gasteiger partial charge in [0.25, 0.3) is 5.56 Å². The number of aryl methyl sites for hydroxylation is 3. The Hall–Kier alpha value is -3.49. The molecule has 0 bridgehead atoms. The molecule has 9 heteroatoms. The van der Waals surface area contributed by atoms with Crippen LogP contribution in [0.4, 0.5) is 5.69 Å². The lowest BCUT2D eigenvalue weighted by atomic mass is 10.1. The van der Waals surface area contributed by atoms with Crippen molar-refractivity contribution in [3.63, 3.8) is 0 Å². The van der Waals surface area contributed by atoms with Crippen molar-refractivity contribution in [2.75, 3.05) is 5.32 Å². The highest BCUT2D eigenvalue weighted by Gasteiger charge is 2.25. The molecule has 0 aliphatic carbocycles. The molecule has 1 amide bonds. The van der Waals surface area contributed by atoms with Gasteiger partial charge >= 0.3 is 5.69 Å². The van der Waals surface area contributed by atoms with Gasteiger partial charge in [0.1, 0.15) is 12.1 Å². The van der Waals surface area contributed by atoms with E-state index in [1.165, 1.54) is 0 Å². The monoisotopic (exact) mass is 437 g/mol. The van der Waals surface area contributed by atoms with E-state index in [4.69, 9.17) is 4.52 Å². The molecule has 0 saturated carbocycles. The van der Waals surface area contributed by atoms with Gasteiger partial charge in [-0.3, -0.25) is 18.7 Å². The normalized spacial score (nSPS) is 13.5. The van der Waals surface area contributed by atoms with Crippen molar-refractivity contribution in [3.8, 4) is 11.4 Å². The summed E-state index contributed by atoms with van der Waals surface area (Å²) in [6.07, 6.45) is 3.96. The number of para-hydroxylation sites is 1. The minimum absolute atomic E-state index is 0.152. The molecule has 3 aromatic rings. The number of aromatic nitrogens is 4. The molecule has 3 heterocycles. The minimum Gasteiger partial charge on any atom is -0.339 e. The van der Waals surface area contributed by atoms with Gasteiger partial charge in [-0.1, -0.05) is 36.7 Å². The molecule has 1 N–H and O–H groups in total. The molecular formula is C23H27N5O4. The van der Waals surface area contributed by atoms with Crippen molar-refractivity contribution in [1.82, 2.24) is 19.3 Å². The van der Waals surface area contributed by atoms with Gasteiger partial charge in [0.2, 0.25) is 17.6 Å². The molecule has 0 unspecified atom stereocenters. The number of amides is 1. The summed E-state index contributed by atoms with van der Waals surface area (Å²) >= 11 is 0. The van der Waals surface area contributed by atoms with Crippen molar-refractivity contribution < 1.29 is 9.32 Å². The van der Waals surface area contributed by atoms with Gasteiger partial charge in [-0.05, 0) is 43.7 Å². The zero-order chi connectivity index (χ0) is 22.8. The van der Waals surface area contributed by atoms with Gasteiger partial charge in [0.05, 0.1) is 0 Å². The van der Waals surface area contributed by atoms with E-state index in [9.17, 15) is 14.4 Å². The number of nitrogens with zero attached hydrogens (tertiary/aromatic N) is 4. The summed E-state index contributed by atoms with van der Waals surface area (Å²) in [7, 11) is 0. The third kappa shape index (κ3) is 4.02. The average molecular weight is 438 g/mol. The van der Waals surface area contributed by atoms with Crippen LogP contribution < -0.4 is 16.6 Å². The zero-order valence-corrected chi connectivity index (χ0v) is 18.6. The van der Waals surface area contributed by atoms with Crippen LogP contribution in [0.15, 0.2) is 32.3 Å². The van der Waals surface area contributed by atoms with E-state index >= 15 is 0 Å². The lowest BCUT2D eigenvalue weighted by molar-refractivity contribution is -0.116. The molecular weight excluding hydrogens is 410 g/mol. The van der Waals surface area contributed by atoms with Gasteiger partial charge in [0.15, 0.2) is 0 Å². The average Bonchev–Trinajstić information content (AvgIpc) is 3.04. The molecule has 2 aromatic heterocycles. The fraction of sp³-hybridized carbons (Fsp3) is 0.435. The first kappa shape index (κ1) is 21.7. The Morgan fingerprint density at radius 3 is 2.72 bits per heavy atom. The van der Waals surface area contributed by atoms with E-state index in [1.54, 1.807) is 11.5 Å². The van der Waals surface area contributed by atoms with Crippen LogP contribution in [0.5, 0.6) is 0 Å². The number of hydrogen-bond donors (Lipinski definition) is 1. The number of carbonyl (C=O) groups excluding carboxylic acids is 1. The van der Waals surface area contributed by atoms with Crippen LogP contribution in [-0.4, -0.2) is 25.2 Å². The maximum Gasteiger partial charge on any atom is 0.331 e. The number of fused-ring (bicyclic) bond motifs is 1. The van der Waals surface area contributed by atoms with Crippen molar-refractivity contribution in [2.45, 2.75) is 66.0 Å². The predicted molar refractivity (Wildman–Crippen MR) is 120 cm³/mol. The summed E-state index contributed by atoms with van der Waals surface area (Å²) < 4.78 is 7.66. The van der Waals surface area contributed by atoms with E-state index in [-0.39, 0.29) is 17.9 Å². The maximum absolute atomic E-state index is 13.4. The number of rotatable bonds is 5. The molecule has 0 fully saturated rings. The van der Waals surface area contributed by atoms with E-state index in [1.807, 2.05) is 32.0 Å². The summed E-state index contributed by atoms with van der Waals surface area (Å²) in [6, 6.07) is 5.80. The Morgan fingerprint density at radius 2 is 2.00 bits per heavy atom. The number of hydrogen-bond acceptors (Lipinski definition) is 6. The van der Waals surface area contributed by atoms with Crippen LogP contribution in [0.2, 0.25) is 0 Å². The fourth-order valence-corrected chi connectivity index (χ4v) is 4.26. The van der Waals surface area contributed by atoms with Crippen LogP contribution in [0.25, 0.3) is 11.4 Å². The van der Waals surface area contributed by atoms with Crippen LogP contribution in [0, 0.1) is 13.8 Å². The van der Waals surface area contributed by atoms with Crippen molar-refractivity contribution >= 4 is 11.6 Å². The Bertz CT molecular complexity index is 1280. The molecule has 4 rings (SSSR count). The van der Waals surface area contributed by atoms with E-state index in [0.717, 1.165) is 47.1 Å². The number of carbonyl (C=O) groups is 1. The fourth-order valence-electron chi connectivity index (χ4n) is 4.26. The van der Waals surface area contributed by atoms with E-state index in [0.29, 0.717) is 24.6 Å². The van der Waals surface area contributed by atoms with Crippen molar-refractivity contribution in [1.29, 1.82) is 0 Å². The van der Waals surface area contributed by atoms with Gasteiger partial charge in [-0.15, -0.1) is 0 Å². The zero-order valence-electron chi connectivity index (χ0n) is 18.6. The second kappa shape index (κ2) is 8.94. The van der Waals surface area contributed by atoms with Crippen LogP contribution >= 0.6 is 0 Å². The second-order valence-corrected chi connectivity index (χ2v) is 8.11. The maximum atomic E-state index is 13.4. The SMILES string of the molecule is CCc1cccc(C)c1NC(=O)Cn1c(=O)c(-c2noc(C)n2)c2n(c1=O)CCCCC2. The molecule has 0 saturated heterocycles. The second-order valence-electron chi connectivity index (χ2n) is 8.11. The Morgan fingerprint density at radius 1 is 1.19 bits per heavy atom. The van der Waals surface area contributed by atoms with Crippen molar-refractivity contribution in [2.24, 2.45) is 0 Å². The third-order valence-corrected chi connectivity index (χ3v) is 5.89. The Balaban J connectivity index is 1.78. The molecule has 32 heavy (non-hydrogen) atoms. The highest BCUT2D eigenvalue weighted by atomic mass is 16.5. The quantitative estimate of drug-likeness (QED) is 0.657. The summed E-state index contributed by atoms with van der Waals surface area (Å²) in [6.45, 7) is 5.66. The topological polar surface area (TPSA) is 112 Å².